The van der Waals surface area contributed by atoms with Crippen molar-refractivity contribution >= 4 is 15.7 Å². The van der Waals surface area contributed by atoms with E-state index in [0.29, 0.717) is 11.3 Å². The van der Waals surface area contributed by atoms with Gasteiger partial charge in [0, 0.05) is 11.6 Å². The van der Waals surface area contributed by atoms with Gasteiger partial charge in [-0.2, -0.15) is 18.4 Å². The lowest BCUT2D eigenvalue weighted by atomic mass is 10.1. The van der Waals surface area contributed by atoms with Crippen LogP contribution >= 0.6 is 0 Å². The first-order valence-electron chi connectivity index (χ1n) is 6.03. The molecule has 21 heavy (non-hydrogen) atoms. The molecule has 0 radical (unpaired) electrons. The number of phenolic OH excluding ortho intramolecular Hbond substituents is 2. The number of phenols is 2. The molecule has 0 aromatic heterocycles. The predicted octanol–water partition coefficient (Wildman–Crippen LogP) is 1.80. The molecule has 0 aliphatic heterocycles. The van der Waals surface area contributed by atoms with Gasteiger partial charge in [-0.1, -0.05) is 18.2 Å². The van der Waals surface area contributed by atoms with Crippen LogP contribution in [-0.4, -0.2) is 24.3 Å². The zero-order valence-electron chi connectivity index (χ0n) is 11.2. The average Bonchev–Trinajstić information content (AvgIpc) is 2.45. The molecule has 0 amide bonds. The maximum Gasteiger partial charge on any atom is 0.276 e. The van der Waals surface area contributed by atoms with Crippen LogP contribution < -0.4 is 4.83 Å². The summed E-state index contributed by atoms with van der Waals surface area (Å²) in [5.74, 6) is -0.268. The fraction of sp³-hybridized carbons (Fsp3) is 0.0714. The number of sulfonamides is 1. The highest BCUT2D eigenvalue weighted by molar-refractivity contribution is 7.89. The van der Waals surface area contributed by atoms with Crippen LogP contribution in [0.25, 0.3) is 0 Å². The highest BCUT2D eigenvalue weighted by atomic mass is 32.2. The first-order chi connectivity index (χ1) is 9.88. The van der Waals surface area contributed by atoms with Crippen LogP contribution in [0.2, 0.25) is 0 Å². The van der Waals surface area contributed by atoms with Crippen LogP contribution in [0.5, 0.6) is 11.5 Å². The zero-order chi connectivity index (χ0) is 15.5. The van der Waals surface area contributed by atoms with E-state index < -0.39 is 10.0 Å². The molecular formula is C14H14N2O4S. The normalized spacial score (nSPS) is 12.1. The molecule has 0 saturated heterocycles. The monoisotopic (exact) mass is 306 g/mol. The number of rotatable bonds is 4. The van der Waals surface area contributed by atoms with Crippen molar-refractivity contribution in [3.05, 3.63) is 54.1 Å². The Morgan fingerprint density at radius 3 is 2.19 bits per heavy atom. The molecule has 0 aliphatic rings. The van der Waals surface area contributed by atoms with Gasteiger partial charge in [0.25, 0.3) is 10.0 Å². The Bertz CT molecular complexity index is 751. The van der Waals surface area contributed by atoms with Crippen molar-refractivity contribution in [2.45, 2.75) is 11.8 Å². The minimum Gasteiger partial charge on any atom is -0.508 e. The highest BCUT2D eigenvalue weighted by Gasteiger charge is 2.12. The van der Waals surface area contributed by atoms with Crippen LogP contribution in [0.3, 0.4) is 0 Å². The number of hydrogen-bond acceptors (Lipinski definition) is 5. The van der Waals surface area contributed by atoms with Crippen LogP contribution in [0.1, 0.15) is 12.5 Å². The Labute approximate surface area is 122 Å². The van der Waals surface area contributed by atoms with Gasteiger partial charge in [0.15, 0.2) is 0 Å². The Kier molecular flexibility index (Phi) is 4.13. The third-order valence-corrected chi connectivity index (χ3v) is 3.93. The van der Waals surface area contributed by atoms with Gasteiger partial charge >= 0.3 is 0 Å². The van der Waals surface area contributed by atoms with Crippen molar-refractivity contribution in [3.8, 4) is 11.5 Å². The summed E-state index contributed by atoms with van der Waals surface area (Å²) in [5.41, 5.74) is 0.712. The van der Waals surface area contributed by atoms with Gasteiger partial charge in [0.1, 0.15) is 11.5 Å². The van der Waals surface area contributed by atoms with Crippen LogP contribution in [0.15, 0.2) is 58.5 Å². The second-order valence-corrected chi connectivity index (χ2v) is 6.00. The molecule has 0 spiro atoms. The molecule has 2 aromatic carbocycles. The summed E-state index contributed by atoms with van der Waals surface area (Å²) >= 11 is 0. The molecule has 0 unspecified atom stereocenters. The minimum absolute atomic E-state index is 0.0975. The van der Waals surface area contributed by atoms with E-state index in [1.165, 1.54) is 30.3 Å². The number of nitrogens with zero attached hydrogens (tertiary/aromatic N) is 1. The molecule has 0 saturated carbocycles. The largest absolute Gasteiger partial charge is 0.508 e. The van der Waals surface area contributed by atoms with Gasteiger partial charge in [0.05, 0.1) is 10.6 Å². The lowest BCUT2D eigenvalue weighted by Gasteiger charge is -2.06. The molecule has 0 atom stereocenters. The number of nitrogens with one attached hydrogen (secondary N) is 1. The van der Waals surface area contributed by atoms with Crippen LogP contribution in [0.4, 0.5) is 0 Å². The summed E-state index contributed by atoms with van der Waals surface area (Å²) in [6.07, 6.45) is 0. The summed E-state index contributed by atoms with van der Waals surface area (Å²) < 4.78 is 24.0. The number of aromatic hydroxyl groups is 2. The van der Waals surface area contributed by atoms with E-state index in [2.05, 4.69) is 9.93 Å². The van der Waals surface area contributed by atoms with E-state index in [0.717, 1.165) is 0 Å². The summed E-state index contributed by atoms with van der Waals surface area (Å²) in [5, 5.41) is 22.6. The second kappa shape index (κ2) is 5.84. The maximum absolute atomic E-state index is 12.0. The van der Waals surface area contributed by atoms with Crippen LogP contribution in [0, 0.1) is 0 Å². The Morgan fingerprint density at radius 1 is 1.05 bits per heavy atom. The molecule has 3 N–H and O–H groups in total. The summed E-state index contributed by atoms with van der Waals surface area (Å²) in [6, 6.07) is 11.7. The second-order valence-electron chi connectivity index (χ2n) is 4.34. The lowest BCUT2D eigenvalue weighted by molar-refractivity contribution is 0.450. The van der Waals surface area contributed by atoms with E-state index in [-0.39, 0.29) is 16.4 Å². The van der Waals surface area contributed by atoms with Gasteiger partial charge in [-0.25, -0.2) is 0 Å². The van der Waals surface area contributed by atoms with Gasteiger partial charge in [-0.05, 0) is 31.2 Å². The Hall–Kier alpha value is -2.54. The summed E-state index contributed by atoms with van der Waals surface area (Å²) in [7, 11) is -3.75. The first kappa shape index (κ1) is 14.9. The third kappa shape index (κ3) is 3.73. The van der Waals surface area contributed by atoms with Crippen molar-refractivity contribution in [3.63, 3.8) is 0 Å². The van der Waals surface area contributed by atoms with Crippen LogP contribution in [-0.2, 0) is 10.0 Å². The molecule has 0 fully saturated rings. The summed E-state index contributed by atoms with van der Waals surface area (Å²) in [6.45, 7) is 1.56. The minimum atomic E-state index is -3.75. The molecule has 2 rings (SSSR count). The number of hydrogen-bond donors (Lipinski definition) is 3. The van der Waals surface area contributed by atoms with E-state index in [1.807, 2.05) is 0 Å². The van der Waals surface area contributed by atoms with E-state index in [9.17, 15) is 18.6 Å². The molecule has 0 heterocycles. The fourth-order valence-electron chi connectivity index (χ4n) is 1.65. The van der Waals surface area contributed by atoms with Crippen molar-refractivity contribution < 1.29 is 18.6 Å². The SMILES string of the molecule is CC(=NNS(=O)(=O)c1ccccc1)c1cc(O)cc(O)c1. The number of hydrazone groups is 1. The van der Waals surface area contributed by atoms with Gasteiger partial charge in [-0.3, -0.25) is 0 Å². The maximum atomic E-state index is 12.0. The molecule has 2 aromatic rings. The molecule has 110 valence electrons. The standard InChI is InChI=1S/C14H14N2O4S/c1-10(11-7-12(17)9-13(18)8-11)15-16-21(19,20)14-5-3-2-4-6-14/h2-9,16-18H,1H3. The van der Waals surface area contributed by atoms with E-state index >= 15 is 0 Å². The van der Waals surface area contributed by atoms with Crippen molar-refractivity contribution in [1.29, 1.82) is 0 Å². The predicted molar refractivity (Wildman–Crippen MR) is 78.7 cm³/mol. The van der Waals surface area contributed by atoms with E-state index in [1.54, 1.807) is 25.1 Å². The smallest absolute Gasteiger partial charge is 0.276 e. The molecule has 7 heteroatoms. The Balaban J connectivity index is 2.24. The van der Waals surface area contributed by atoms with Crippen molar-refractivity contribution in [2.24, 2.45) is 5.10 Å². The Morgan fingerprint density at radius 2 is 1.62 bits per heavy atom. The average molecular weight is 306 g/mol. The molecule has 0 bridgehead atoms. The highest BCUT2D eigenvalue weighted by Crippen LogP contribution is 2.20. The van der Waals surface area contributed by atoms with Crippen molar-refractivity contribution in [2.75, 3.05) is 0 Å². The van der Waals surface area contributed by atoms with E-state index in [4.69, 9.17) is 0 Å². The molecule has 6 nitrogen and oxygen atoms in total. The lowest BCUT2D eigenvalue weighted by Crippen LogP contribution is -2.19. The van der Waals surface area contributed by atoms with Gasteiger partial charge in [0.2, 0.25) is 0 Å². The first-order valence-corrected chi connectivity index (χ1v) is 7.51. The quantitative estimate of drug-likeness (QED) is 0.592. The molecule has 0 aliphatic carbocycles. The zero-order valence-corrected chi connectivity index (χ0v) is 12.0. The van der Waals surface area contributed by atoms with Crippen molar-refractivity contribution in [1.82, 2.24) is 4.83 Å². The van der Waals surface area contributed by atoms with Gasteiger partial charge < -0.3 is 10.2 Å². The fourth-order valence-corrected chi connectivity index (χ4v) is 2.53. The molecular weight excluding hydrogens is 292 g/mol. The third-order valence-electron chi connectivity index (χ3n) is 2.71. The number of benzene rings is 2. The van der Waals surface area contributed by atoms with Gasteiger partial charge in [-0.15, -0.1) is 0 Å². The topological polar surface area (TPSA) is 99.0 Å². The summed E-state index contributed by atoms with van der Waals surface area (Å²) in [4.78, 5) is 2.21.